The molecule has 0 aromatic carbocycles. The zero-order chi connectivity index (χ0) is 11.0. The van der Waals surface area contributed by atoms with Gasteiger partial charge in [0, 0.05) is 18.0 Å². The Bertz CT molecular complexity index is 551. The van der Waals surface area contributed by atoms with E-state index in [0.29, 0.717) is 12.1 Å². The maximum atomic E-state index is 11.4. The summed E-state index contributed by atoms with van der Waals surface area (Å²) in [4.78, 5) is 19.8. The lowest BCUT2D eigenvalue weighted by Gasteiger charge is -2.01. The summed E-state index contributed by atoms with van der Waals surface area (Å²) in [7, 11) is 0. The van der Waals surface area contributed by atoms with Gasteiger partial charge < -0.3 is 5.32 Å². The zero-order valence-corrected chi connectivity index (χ0v) is 8.47. The summed E-state index contributed by atoms with van der Waals surface area (Å²) >= 11 is 0. The van der Waals surface area contributed by atoms with Crippen molar-refractivity contribution in [3.8, 4) is 11.3 Å². The van der Waals surface area contributed by atoms with Gasteiger partial charge in [-0.2, -0.15) is 0 Å². The second-order valence-corrected chi connectivity index (χ2v) is 3.61. The van der Waals surface area contributed by atoms with Crippen molar-refractivity contribution < 1.29 is 4.79 Å². The van der Waals surface area contributed by atoms with Gasteiger partial charge in [-0.1, -0.05) is 0 Å². The smallest absolute Gasteiger partial charge is 0.253 e. The molecule has 3 rings (SSSR count). The lowest BCUT2D eigenvalue weighted by atomic mass is 10.1. The molecule has 4 nitrogen and oxygen atoms in total. The van der Waals surface area contributed by atoms with Crippen molar-refractivity contribution in [1.29, 1.82) is 0 Å². The van der Waals surface area contributed by atoms with Gasteiger partial charge >= 0.3 is 0 Å². The van der Waals surface area contributed by atoms with E-state index in [2.05, 4.69) is 15.3 Å². The zero-order valence-electron chi connectivity index (χ0n) is 8.47. The first kappa shape index (κ1) is 9.03. The van der Waals surface area contributed by atoms with E-state index < -0.39 is 0 Å². The lowest BCUT2D eigenvalue weighted by molar-refractivity contribution is 0.0966. The first-order chi connectivity index (χ1) is 7.84. The molecule has 0 unspecified atom stereocenters. The third-order valence-corrected chi connectivity index (χ3v) is 2.61. The summed E-state index contributed by atoms with van der Waals surface area (Å²) in [6.45, 7) is 0.521. The molecule has 1 N–H and O–H groups in total. The highest BCUT2D eigenvalue weighted by Gasteiger charge is 2.20. The van der Waals surface area contributed by atoms with Crippen LogP contribution < -0.4 is 5.32 Å². The molecule has 0 aliphatic carbocycles. The molecule has 0 saturated heterocycles. The Balaban J connectivity index is 2.09. The number of hydrogen-bond acceptors (Lipinski definition) is 3. The average Bonchev–Trinajstić information content (AvgIpc) is 2.72. The fourth-order valence-corrected chi connectivity index (χ4v) is 1.79. The molecule has 0 fully saturated rings. The summed E-state index contributed by atoms with van der Waals surface area (Å²) in [6, 6.07) is 7.48. The van der Waals surface area contributed by atoms with E-state index in [1.807, 2.05) is 24.3 Å². The van der Waals surface area contributed by atoms with E-state index in [-0.39, 0.29) is 5.91 Å². The summed E-state index contributed by atoms with van der Waals surface area (Å²) < 4.78 is 0. The van der Waals surface area contributed by atoms with Crippen LogP contribution in [0, 0.1) is 0 Å². The van der Waals surface area contributed by atoms with Crippen LogP contribution in [-0.2, 0) is 6.54 Å². The lowest BCUT2D eigenvalue weighted by Crippen LogP contribution is -2.12. The number of aromatic nitrogens is 2. The molecule has 3 heterocycles. The average molecular weight is 211 g/mol. The summed E-state index contributed by atoms with van der Waals surface area (Å²) in [5.74, 6) is -0.0382. The fraction of sp³-hybridized carbons (Fsp3) is 0.0833. The van der Waals surface area contributed by atoms with Crippen molar-refractivity contribution >= 4 is 5.91 Å². The van der Waals surface area contributed by atoms with Gasteiger partial charge in [0.25, 0.3) is 5.91 Å². The minimum Gasteiger partial charge on any atom is -0.346 e. The Hall–Kier alpha value is -2.23. The van der Waals surface area contributed by atoms with Gasteiger partial charge in [0.1, 0.15) is 0 Å². The van der Waals surface area contributed by atoms with E-state index in [1.165, 1.54) is 0 Å². The van der Waals surface area contributed by atoms with Crippen molar-refractivity contribution in [2.24, 2.45) is 0 Å². The summed E-state index contributed by atoms with van der Waals surface area (Å²) in [5, 5.41) is 2.75. The van der Waals surface area contributed by atoms with Gasteiger partial charge in [-0.15, -0.1) is 0 Å². The van der Waals surface area contributed by atoms with Crippen molar-refractivity contribution in [1.82, 2.24) is 15.3 Å². The van der Waals surface area contributed by atoms with Crippen LogP contribution in [0.1, 0.15) is 16.1 Å². The number of nitrogens with one attached hydrogen (secondary N) is 1. The third-order valence-electron chi connectivity index (χ3n) is 2.61. The van der Waals surface area contributed by atoms with E-state index in [1.54, 1.807) is 12.4 Å². The van der Waals surface area contributed by atoms with Gasteiger partial charge in [0.2, 0.25) is 0 Å². The molecule has 2 aromatic heterocycles. The van der Waals surface area contributed by atoms with E-state index >= 15 is 0 Å². The number of pyridine rings is 2. The van der Waals surface area contributed by atoms with E-state index in [9.17, 15) is 4.79 Å². The first-order valence-electron chi connectivity index (χ1n) is 5.03. The quantitative estimate of drug-likeness (QED) is 0.775. The van der Waals surface area contributed by atoms with Crippen LogP contribution in [0.25, 0.3) is 11.3 Å². The maximum Gasteiger partial charge on any atom is 0.253 e. The molecule has 0 atom stereocenters. The second-order valence-electron chi connectivity index (χ2n) is 3.61. The monoisotopic (exact) mass is 211 g/mol. The van der Waals surface area contributed by atoms with Gasteiger partial charge in [0.15, 0.2) is 0 Å². The SMILES string of the molecule is O=C1NCc2nc(-c3ccncc3)ccc21. The summed E-state index contributed by atoms with van der Waals surface area (Å²) in [5.41, 5.74) is 3.38. The number of carbonyl (C=O) groups excluding carboxylic acids is 1. The number of hydrogen-bond donors (Lipinski definition) is 1. The predicted octanol–water partition coefficient (Wildman–Crippen LogP) is 1.39. The molecule has 78 valence electrons. The van der Waals surface area contributed by atoms with E-state index in [4.69, 9.17) is 0 Å². The number of carbonyl (C=O) groups is 1. The van der Waals surface area contributed by atoms with Crippen LogP contribution in [0.3, 0.4) is 0 Å². The van der Waals surface area contributed by atoms with Gasteiger partial charge in [0.05, 0.1) is 23.5 Å². The molecule has 0 spiro atoms. The molecule has 16 heavy (non-hydrogen) atoms. The van der Waals surface area contributed by atoms with Crippen molar-refractivity contribution in [3.63, 3.8) is 0 Å². The first-order valence-corrected chi connectivity index (χ1v) is 5.03. The van der Waals surface area contributed by atoms with Crippen LogP contribution in [-0.4, -0.2) is 15.9 Å². The highest BCUT2D eigenvalue weighted by molar-refractivity contribution is 5.98. The Morgan fingerprint density at radius 3 is 2.75 bits per heavy atom. The van der Waals surface area contributed by atoms with Gasteiger partial charge in [-0.3, -0.25) is 14.8 Å². The molecule has 0 radical (unpaired) electrons. The largest absolute Gasteiger partial charge is 0.346 e. The van der Waals surface area contributed by atoms with Gasteiger partial charge in [-0.25, -0.2) is 0 Å². The normalized spacial score (nSPS) is 13.4. The molecular formula is C12H9N3O. The molecule has 2 aromatic rings. The molecule has 0 bridgehead atoms. The van der Waals surface area contributed by atoms with Gasteiger partial charge in [-0.05, 0) is 24.3 Å². The Morgan fingerprint density at radius 1 is 1.12 bits per heavy atom. The number of amides is 1. The maximum absolute atomic E-state index is 11.4. The van der Waals surface area contributed by atoms with Crippen LogP contribution >= 0.6 is 0 Å². The minimum absolute atomic E-state index is 0.0382. The Kier molecular flexibility index (Phi) is 1.93. The molecular weight excluding hydrogens is 202 g/mol. The van der Waals surface area contributed by atoms with Crippen molar-refractivity contribution in [2.45, 2.75) is 6.54 Å². The molecule has 1 amide bonds. The number of rotatable bonds is 1. The van der Waals surface area contributed by atoms with Crippen LogP contribution in [0.5, 0.6) is 0 Å². The molecule has 4 heteroatoms. The van der Waals surface area contributed by atoms with Crippen LogP contribution in [0.4, 0.5) is 0 Å². The molecule has 0 saturated carbocycles. The predicted molar refractivity (Wildman–Crippen MR) is 58.6 cm³/mol. The third kappa shape index (κ3) is 1.35. The number of fused-ring (bicyclic) bond motifs is 1. The molecule has 1 aliphatic rings. The fourth-order valence-electron chi connectivity index (χ4n) is 1.79. The van der Waals surface area contributed by atoms with Crippen molar-refractivity contribution in [3.05, 3.63) is 47.9 Å². The topological polar surface area (TPSA) is 54.9 Å². The second kappa shape index (κ2) is 3.41. The summed E-state index contributed by atoms with van der Waals surface area (Å²) in [6.07, 6.45) is 3.46. The van der Waals surface area contributed by atoms with Crippen LogP contribution in [0.15, 0.2) is 36.7 Å². The Labute approximate surface area is 92.4 Å². The molecule has 1 aliphatic heterocycles. The van der Waals surface area contributed by atoms with Crippen LogP contribution in [0.2, 0.25) is 0 Å². The Morgan fingerprint density at radius 2 is 1.94 bits per heavy atom. The number of nitrogens with zero attached hydrogens (tertiary/aromatic N) is 2. The van der Waals surface area contributed by atoms with Crippen molar-refractivity contribution in [2.75, 3.05) is 0 Å². The van der Waals surface area contributed by atoms with E-state index in [0.717, 1.165) is 17.0 Å². The minimum atomic E-state index is -0.0382. The highest BCUT2D eigenvalue weighted by Crippen LogP contribution is 2.20. The standard InChI is InChI=1S/C12H9N3O/c16-12-9-1-2-10(15-11(9)7-14-12)8-3-5-13-6-4-8/h1-6H,7H2,(H,14,16). The highest BCUT2D eigenvalue weighted by atomic mass is 16.1.